The molecule has 2 aromatic carbocycles. The number of esters is 2. The quantitative estimate of drug-likeness (QED) is 0.369. The summed E-state index contributed by atoms with van der Waals surface area (Å²) in [6.45, 7) is 3.07. The van der Waals surface area contributed by atoms with Gasteiger partial charge in [0.15, 0.2) is 0 Å². The van der Waals surface area contributed by atoms with Gasteiger partial charge in [0.25, 0.3) is 11.6 Å². The molecular formula is C18H17NO6. The van der Waals surface area contributed by atoms with Crippen LogP contribution in [0.15, 0.2) is 30.3 Å². The maximum Gasteiger partial charge on any atom is 0.379 e. The highest BCUT2D eigenvalue weighted by Crippen LogP contribution is 2.29. The molecule has 25 heavy (non-hydrogen) atoms. The summed E-state index contributed by atoms with van der Waals surface area (Å²) in [5.74, 6) is -4.41. The van der Waals surface area contributed by atoms with Crippen LogP contribution in [-0.2, 0) is 19.1 Å². The molecule has 0 unspecified atom stereocenters. The van der Waals surface area contributed by atoms with E-state index in [0.717, 1.165) is 0 Å². The van der Waals surface area contributed by atoms with Gasteiger partial charge in [0.1, 0.15) is 0 Å². The number of hydrogen-bond donors (Lipinski definition) is 1. The van der Waals surface area contributed by atoms with Gasteiger partial charge < -0.3 is 15.2 Å². The van der Waals surface area contributed by atoms with Gasteiger partial charge in [0.05, 0.1) is 24.3 Å². The minimum Gasteiger partial charge on any atom is -0.460 e. The summed E-state index contributed by atoms with van der Waals surface area (Å²) in [7, 11) is 0. The van der Waals surface area contributed by atoms with Crippen LogP contribution in [0, 0.1) is 0 Å². The summed E-state index contributed by atoms with van der Waals surface area (Å²) in [6, 6.07) is 8.05. The van der Waals surface area contributed by atoms with Crippen LogP contribution in [0.3, 0.4) is 0 Å². The summed E-state index contributed by atoms with van der Waals surface area (Å²) < 4.78 is 9.43. The second-order valence-electron chi connectivity index (χ2n) is 5.04. The first kappa shape index (κ1) is 18.1. The van der Waals surface area contributed by atoms with Crippen LogP contribution in [0.1, 0.15) is 34.6 Å². The molecule has 0 saturated heterocycles. The number of ether oxygens (including phenoxy) is 2. The highest BCUT2D eigenvalue weighted by atomic mass is 16.5. The molecule has 0 radical (unpaired) electrons. The number of rotatable bonds is 6. The number of ketones is 2. The summed E-state index contributed by atoms with van der Waals surface area (Å²) in [4.78, 5) is 48.8. The van der Waals surface area contributed by atoms with Crippen molar-refractivity contribution in [2.75, 3.05) is 18.9 Å². The third-order valence-corrected chi connectivity index (χ3v) is 3.46. The fourth-order valence-electron chi connectivity index (χ4n) is 2.45. The Labute approximate surface area is 143 Å². The third-order valence-electron chi connectivity index (χ3n) is 3.46. The summed E-state index contributed by atoms with van der Waals surface area (Å²) in [6.07, 6.45) is 0. The number of anilines is 1. The average molecular weight is 343 g/mol. The summed E-state index contributed by atoms with van der Waals surface area (Å²) in [5, 5.41) is 0.871. The van der Waals surface area contributed by atoms with E-state index in [9.17, 15) is 19.2 Å². The standard InChI is InChI=1S/C18H17NO6/c1-3-24-17(22)15(20)13-11-8-6-5-7-10(11)9-12(19)14(13)16(21)18(23)25-4-2/h5-9H,3-4,19H2,1-2H3. The number of Topliss-reactive ketones (excluding diaryl/α,β-unsaturated/α-hetero) is 2. The van der Waals surface area contributed by atoms with E-state index in [1.54, 1.807) is 38.1 Å². The first-order valence-corrected chi connectivity index (χ1v) is 7.66. The molecule has 0 amide bonds. The van der Waals surface area contributed by atoms with E-state index in [4.69, 9.17) is 15.2 Å². The maximum atomic E-state index is 12.6. The lowest BCUT2D eigenvalue weighted by molar-refractivity contribution is -0.138. The van der Waals surface area contributed by atoms with Crippen LogP contribution in [0.5, 0.6) is 0 Å². The van der Waals surface area contributed by atoms with Gasteiger partial charge in [-0.25, -0.2) is 9.59 Å². The number of fused-ring (bicyclic) bond motifs is 1. The maximum absolute atomic E-state index is 12.6. The fourth-order valence-corrected chi connectivity index (χ4v) is 2.45. The van der Waals surface area contributed by atoms with Crippen molar-refractivity contribution in [2.24, 2.45) is 0 Å². The Balaban J connectivity index is 2.75. The SMILES string of the molecule is CCOC(=O)C(=O)c1c(N)cc2ccccc2c1C(=O)C(=O)OCC. The molecule has 0 heterocycles. The Kier molecular flexibility index (Phi) is 5.49. The molecule has 0 fully saturated rings. The lowest BCUT2D eigenvalue weighted by atomic mass is 9.92. The van der Waals surface area contributed by atoms with Crippen molar-refractivity contribution in [1.82, 2.24) is 0 Å². The van der Waals surface area contributed by atoms with Crippen molar-refractivity contribution in [3.8, 4) is 0 Å². The molecule has 0 aliphatic carbocycles. The van der Waals surface area contributed by atoms with Gasteiger partial charge in [-0.3, -0.25) is 9.59 Å². The van der Waals surface area contributed by atoms with E-state index in [-0.39, 0.29) is 30.0 Å². The average Bonchev–Trinajstić information content (AvgIpc) is 2.59. The Bertz CT molecular complexity index is 871. The molecule has 0 spiro atoms. The molecule has 0 atom stereocenters. The van der Waals surface area contributed by atoms with Crippen molar-refractivity contribution in [1.29, 1.82) is 0 Å². The lowest BCUT2D eigenvalue weighted by Crippen LogP contribution is -2.25. The zero-order chi connectivity index (χ0) is 18.6. The zero-order valence-corrected chi connectivity index (χ0v) is 13.8. The van der Waals surface area contributed by atoms with E-state index in [1.165, 1.54) is 6.07 Å². The van der Waals surface area contributed by atoms with Gasteiger partial charge >= 0.3 is 11.9 Å². The van der Waals surface area contributed by atoms with Gasteiger partial charge in [-0.05, 0) is 30.7 Å². The molecule has 0 saturated carbocycles. The summed E-state index contributed by atoms with van der Waals surface area (Å²) >= 11 is 0. The lowest BCUT2D eigenvalue weighted by Gasteiger charge is -2.13. The first-order chi connectivity index (χ1) is 11.9. The zero-order valence-electron chi connectivity index (χ0n) is 13.8. The number of nitrogen functional groups attached to an aromatic ring is 1. The van der Waals surface area contributed by atoms with Crippen molar-refractivity contribution < 1.29 is 28.7 Å². The van der Waals surface area contributed by atoms with Crippen molar-refractivity contribution in [3.63, 3.8) is 0 Å². The molecule has 0 aliphatic heterocycles. The van der Waals surface area contributed by atoms with Gasteiger partial charge in [0.2, 0.25) is 0 Å². The normalized spacial score (nSPS) is 10.3. The fraction of sp³-hybridized carbons (Fsp3) is 0.222. The number of benzene rings is 2. The van der Waals surface area contributed by atoms with Crippen LogP contribution in [0.2, 0.25) is 0 Å². The predicted octanol–water partition coefficient (Wildman–Crippen LogP) is 1.91. The largest absolute Gasteiger partial charge is 0.460 e. The third kappa shape index (κ3) is 3.50. The Morgan fingerprint density at radius 2 is 1.40 bits per heavy atom. The van der Waals surface area contributed by atoms with Crippen LogP contribution in [0.4, 0.5) is 5.69 Å². The molecule has 0 aliphatic rings. The minimum atomic E-state index is -1.15. The van der Waals surface area contributed by atoms with Gasteiger partial charge in [-0.2, -0.15) is 0 Å². The van der Waals surface area contributed by atoms with E-state index >= 15 is 0 Å². The number of carbonyl (C=O) groups is 4. The second-order valence-corrected chi connectivity index (χ2v) is 5.04. The number of nitrogens with two attached hydrogens (primary N) is 1. The molecule has 2 rings (SSSR count). The topological polar surface area (TPSA) is 113 Å². The Morgan fingerprint density at radius 3 is 1.96 bits per heavy atom. The van der Waals surface area contributed by atoms with Crippen molar-refractivity contribution >= 4 is 40.0 Å². The molecular weight excluding hydrogens is 326 g/mol. The van der Waals surface area contributed by atoms with Crippen LogP contribution in [0.25, 0.3) is 10.8 Å². The van der Waals surface area contributed by atoms with Crippen molar-refractivity contribution in [3.05, 3.63) is 41.5 Å². The first-order valence-electron chi connectivity index (χ1n) is 7.66. The van der Waals surface area contributed by atoms with E-state index < -0.39 is 23.5 Å². The molecule has 0 aromatic heterocycles. The van der Waals surface area contributed by atoms with Gasteiger partial charge in [0, 0.05) is 5.69 Å². The smallest absolute Gasteiger partial charge is 0.379 e. The minimum absolute atomic E-state index is 0.00796. The van der Waals surface area contributed by atoms with Crippen LogP contribution < -0.4 is 5.73 Å². The van der Waals surface area contributed by atoms with Gasteiger partial charge in [-0.15, -0.1) is 0 Å². The molecule has 7 heteroatoms. The molecule has 0 bridgehead atoms. The van der Waals surface area contributed by atoms with E-state index in [2.05, 4.69) is 0 Å². The van der Waals surface area contributed by atoms with E-state index in [1.807, 2.05) is 0 Å². The highest BCUT2D eigenvalue weighted by Gasteiger charge is 2.31. The molecule has 7 nitrogen and oxygen atoms in total. The molecule has 2 aromatic rings. The van der Waals surface area contributed by atoms with Crippen molar-refractivity contribution in [2.45, 2.75) is 13.8 Å². The monoisotopic (exact) mass is 343 g/mol. The Morgan fingerprint density at radius 1 is 0.880 bits per heavy atom. The highest BCUT2D eigenvalue weighted by molar-refractivity contribution is 6.50. The predicted molar refractivity (Wildman–Crippen MR) is 90.3 cm³/mol. The molecule has 130 valence electrons. The van der Waals surface area contributed by atoms with Crippen LogP contribution in [-0.4, -0.2) is 36.7 Å². The number of hydrogen-bond acceptors (Lipinski definition) is 7. The number of carbonyl (C=O) groups excluding carboxylic acids is 4. The van der Waals surface area contributed by atoms with Gasteiger partial charge in [-0.1, -0.05) is 24.3 Å². The van der Waals surface area contributed by atoms with E-state index in [0.29, 0.717) is 10.8 Å². The molecule has 2 N–H and O–H groups in total. The second kappa shape index (κ2) is 7.57. The summed E-state index contributed by atoms with van der Waals surface area (Å²) in [5.41, 5.74) is 5.20. The van der Waals surface area contributed by atoms with Crippen LogP contribution >= 0.6 is 0 Å². The Hall–Kier alpha value is -3.22.